The van der Waals surface area contributed by atoms with Crippen LogP contribution in [0.1, 0.15) is 78.6 Å². The third-order valence-electron chi connectivity index (χ3n) is 9.73. The molecular formula is C24H36O7S. The summed E-state index contributed by atoms with van der Waals surface area (Å²) < 4.78 is 36.3. The number of carboxylic acids is 1. The molecule has 0 aromatic carbocycles. The standard InChI is InChI=1S/C24H36O7S/c1-14(4-7-21(26)27)17-5-6-18-22-19(9-11-24(17,18)3)23(2)10-8-16(31-32(28,29)30)12-15(23)13-20(22)25/h13-14,16-19,22H,4-12H2,1-3H3,(H,26,27)(H,28,29,30)/t14-,16+,17-,18+,19+,22+,23+,24-/m1/s1. The Bertz CT molecular complexity index is 925. The lowest BCUT2D eigenvalue weighted by atomic mass is 9.46. The largest absolute Gasteiger partial charge is 0.481 e. The minimum Gasteiger partial charge on any atom is -0.481 e. The van der Waals surface area contributed by atoms with E-state index >= 15 is 0 Å². The van der Waals surface area contributed by atoms with Crippen LogP contribution in [0.5, 0.6) is 0 Å². The van der Waals surface area contributed by atoms with Crippen LogP contribution >= 0.6 is 0 Å². The Morgan fingerprint density at radius 3 is 2.56 bits per heavy atom. The van der Waals surface area contributed by atoms with E-state index in [0.29, 0.717) is 37.0 Å². The average molecular weight is 469 g/mol. The zero-order valence-electron chi connectivity index (χ0n) is 19.2. The number of fused-ring (bicyclic) bond motifs is 5. The van der Waals surface area contributed by atoms with E-state index in [4.69, 9.17) is 13.8 Å². The quantitative estimate of drug-likeness (QED) is 0.554. The molecule has 32 heavy (non-hydrogen) atoms. The van der Waals surface area contributed by atoms with Gasteiger partial charge in [-0.05, 0) is 91.9 Å². The zero-order valence-corrected chi connectivity index (χ0v) is 20.1. The zero-order chi connectivity index (χ0) is 23.5. The normalized spacial score (nSPS) is 42.4. The van der Waals surface area contributed by atoms with Crippen LogP contribution in [-0.2, 0) is 24.2 Å². The lowest BCUT2D eigenvalue weighted by molar-refractivity contribution is -0.137. The Kier molecular flexibility index (Phi) is 6.13. The van der Waals surface area contributed by atoms with Gasteiger partial charge in [0.25, 0.3) is 0 Å². The van der Waals surface area contributed by atoms with E-state index < -0.39 is 22.5 Å². The highest BCUT2D eigenvalue weighted by atomic mass is 32.3. The van der Waals surface area contributed by atoms with Crippen molar-refractivity contribution in [2.45, 2.75) is 84.7 Å². The molecule has 3 saturated carbocycles. The van der Waals surface area contributed by atoms with Crippen LogP contribution in [0.3, 0.4) is 0 Å². The van der Waals surface area contributed by atoms with E-state index in [-0.39, 0.29) is 34.9 Å². The van der Waals surface area contributed by atoms with Crippen molar-refractivity contribution in [2.24, 2.45) is 40.4 Å². The van der Waals surface area contributed by atoms with Gasteiger partial charge in [0, 0.05) is 12.3 Å². The number of ketones is 1. The average Bonchev–Trinajstić information content (AvgIpc) is 3.03. The molecule has 0 aromatic heterocycles. The molecule has 0 aliphatic heterocycles. The molecule has 8 heteroatoms. The van der Waals surface area contributed by atoms with Crippen molar-refractivity contribution in [3.63, 3.8) is 0 Å². The Morgan fingerprint density at radius 1 is 1.19 bits per heavy atom. The van der Waals surface area contributed by atoms with E-state index in [2.05, 4.69) is 20.8 Å². The van der Waals surface area contributed by atoms with Crippen LogP contribution in [0.25, 0.3) is 0 Å². The van der Waals surface area contributed by atoms with Crippen LogP contribution in [-0.4, -0.2) is 35.9 Å². The lowest BCUT2D eigenvalue weighted by Crippen LogP contribution is -2.53. The van der Waals surface area contributed by atoms with Crippen LogP contribution in [0.4, 0.5) is 0 Å². The molecule has 0 radical (unpaired) electrons. The van der Waals surface area contributed by atoms with Crippen LogP contribution in [0.15, 0.2) is 11.6 Å². The predicted molar refractivity (Wildman–Crippen MR) is 118 cm³/mol. The van der Waals surface area contributed by atoms with Gasteiger partial charge in [-0.15, -0.1) is 0 Å². The van der Waals surface area contributed by atoms with Crippen molar-refractivity contribution in [3.8, 4) is 0 Å². The molecule has 0 unspecified atom stereocenters. The first kappa shape index (κ1) is 23.9. The van der Waals surface area contributed by atoms with Crippen LogP contribution < -0.4 is 0 Å². The Hall–Kier alpha value is -1.25. The van der Waals surface area contributed by atoms with E-state index in [1.54, 1.807) is 6.08 Å². The second-order valence-corrected chi connectivity index (χ2v) is 12.3. The summed E-state index contributed by atoms with van der Waals surface area (Å²) in [5.74, 6) is 0.717. The van der Waals surface area contributed by atoms with Gasteiger partial charge in [-0.1, -0.05) is 26.3 Å². The van der Waals surface area contributed by atoms with Gasteiger partial charge in [-0.3, -0.25) is 14.1 Å². The highest BCUT2D eigenvalue weighted by Gasteiger charge is 2.61. The molecule has 0 aromatic rings. The maximum atomic E-state index is 13.4. The first-order valence-corrected chi connectivity index (χ1v) is 13.3. The molecule has 4 aliphatic rings. The molecule has 2 N–H and O–H groups in total. The summed E-state index contributed by atoms with van der Waals surface area (Å²) in [6.07, 6.45) is 7.74. The molecule has 4 rings (SSSR count). The number of carboxylic acid groups (broad SMARTS) is 1. The monoisotopic (exact) mass is 468 g/mol. The van der Waals surface area contributed by atoms with Gasteiger partial charge >= 0.3 is 16.4 Å². The predicted octanol–water partition coefficient (Wildman–Crippen LogP) is 4.43. The highest BCUT2D eigenvalue weighted by molar-refractivity contribution is 7.80. The van der Waals surface area contributed by atoms with Crippen LogP contribution in [0.2, 0.25) is 0 Å². The molecule has 4 aliphatic carbocycles. The number of hydrogen-bond acceptors (Lipinski definition) is 5. The van der Waals surface area contributed by atoms with Crippen LogP contribution in [0, 0.1) is 40.4 Å². The molecular weight excluding hydrogens is 432 g/mol. The maximum Gasteiger partial charge on any atom is 0.397 e. The van der Waals surface area contributed by atoms with Crippen molar-refractivity contribution in [2.75, 3.05) is 0 Å². The first-order valence-electron chi connectivity index (χ1n) is 12.0. The second kappa shape index (κ2) is 8.20. The summed E-state index contributed by atoms with van der Waals surface area (Å²) in [7, 11) is -4.51. The number of carbonyl (C=O) groups excluding carboxylic acids is 1. The topological polar surface area (TPSA) is 118 Å². The molecule has 180 valence electrons. The number of hydrogen-bond donors (Lipinski definition) is 2. The third kappa shape index (κ3) is 4.07. The molecule has 8 atom stereocenters. The van der Waals surface area contributed by atoms with Gasteiger partial charge in [-0.25, -0.2) is 4.18 Å². The Morgan fingerprint density at radius 2 is 1.91 bits per heavy atom. The van der Waals surface area contributed by atoms with E-state index in [0.717, 1.165) is 37.7 Å². The van der Waals surface area contributed by atoms with Gasteiger partial charge in [0.05, 0.1) is 6.10 Å². The maximum absolute atomic E-state index is 13.4. The molecule has 0 bridgehead atoms. The second-order valence-electron chi connectivity index (χ2n) is 11.3. The molecule has 0 heterocycles. The van der Waals surface area contributed by atoms with E-state index in [1.807, 2.05) is 0 Å². The van der Waals surface area contributed by atoms with Gasteiger partial charge < -0.3 is 5.11 Å². The molecule has 3 fully saturated rings. The fourth-order valence-corrected chi connectivity index (χ4v) is 8.66. The smallest absolute Gasteiger partial charge is 0.397 e. The molecule has 7 nitrogen and oxygen atoms in total. The van der Waals surface area contributed by atoms with Crippen molar-refractivity contribution in [3.05, 3.63) is 11.6 Å². The summed E-state index contributed by atoms with van der Waals surface area (Å²) in [6.45, 7) is 6.72. The van der Waals surface area contributed by atoms with E-state index in [1.165, 1.54) is 0 Å². The van der Waals surface area contributed by atoms with Gasteiger partial charge in [0.15, 0.2) is 5.78 Å². The van der Waals surface area contributed by atoms with Crippen molar-refractivity contribution < 1.29 is 31.8 Å². The molecule has 0 saturated heterocycles. The van der Waals surface area contributed by atoms with Gasteiger partial charge in [0.2, 0.25) is 0 Å². The fraction of sp³-hybridized carbons (Fsp3) is 0.833. The van der Waals surface area contributed by atoms with Gasteiger partial charge in [0.1, 0.15) is 0 Å². The number of allylic oxidation sites excluding steroid dienone is 1. The first-order chi connectivity index (χ1) is 14.8. The van der Waals surface area contributed by atoms with Crippen molar-refractivity contribution in [1.82, 2.24) is 0 Å². The molecule has 0 amide bonds. The summed E-state index contributed by atoms with van der Waals surface area (Å²) in [4.78, 5) is 24.5. The van der Waals surface area contributed by atoms with E-state index in [9.17, 15) is 18.0 Å². The number of aliphatic carboxylic acids is 1. The Balaban J connectivity index is 1.57. The number of rotatable bonds is 6. The Labute approximate surface area is 190 Å². The number of carbonyl (C=O) groups is 2. The minimum atomic E-state index is -4.51. The van der Waals surface area contributed by atoms with Crippen molar-refractivity contribution in [1.29, 1.82) is 0 Å². The van der Waals surface area contributed by atoms with Gasteiger partial charge in [-0.2, -0.15) is 8.42 Å². The van der Waals surface area contributed by atoms with Crippen molar-refractivity contribution >= 4 is 22.2 Å². The summed E-state index contributed by atoms with van der Waals surface area (Å²) in [5, 5.41) is 9.10. The SMILES string of the molecule is C[C@H](CCC(=O)O)[C@H]1CC[C@H]2[C@@H]3C(=O)C=C4C[C@@H](OS(=O)(=O)O)CC[C@]4(C)[C@H]3CC[C@]12C. The summed E-state index contributed by atoms with van der Waals surface area (Å²) >= 11 is 0. The summed E-state index contributed by atoms with van der Waals surface area (Å²) in [5.41, 5.74) is 0.880. The summed E-state index contributed by atoms with van der Waals surface area (Å²) in [6, 6.07) is 0. The fourth-order valence-electron chi connectivity index (χ4n) is 8.15. The molecule has 0 spiro atoms. The third-order valence-corrected chi connectivity index (χ3v) is 10.2. The highest BCUT2D eigenvalue weighted by Crippen LogP contribution is 2.66. The lowest BCUT2D eigenvalue weighted by Gasteiger charge is -2.57. The minimum absolute atomic E-state index is 0.0155.